The Morgan fingerprint density at radius 1 is 1.39 bits per heavy atom. The van der Waals surface area contributed by atoms with Gasteiger partial charge in [-0.05, 0) is 24.4 Å². The van der Waals surface area contributed by atoms with Crippen molar-refractivity contribution in [3.63, 3.8) is 0 Å². The molecule has 0 aliphatic carbocycles. The fraction of sp³-hybridized carbons (Fsp3) is 0.188. The fourth-order valence-corrected chi connectivity index (χ4v) is 3.81. The number of amides is 1. The maximum Gasteiger partial charge on any atom is 0.263 e. The molecule has 0 fully saturated rings. The van der Waals surface area contributed by atoms with Gasteiger partial charge >= 0.3 is 0 Å². The second kappa shape index (κ2) is 6.89. The lowest BCUT2D eigenvalue weighted by molar-refractivity contribution is 0.0954. The van der Waals surface area contributed by atoms with E-state index in [4.69, 9.17) is 4.74 Å². The highest BCUT2D eigenvalue weighted by molar-refractivity contribution is 7.17. The molecule has 0 bridgehead atoms. The number of aromatic nitrogens is 2. The number of nitrogens with zero attached hydrogens (tertiary/aromatic N) is 2. The average molecular weight is 345 g/mol. The standard InChI is InChI=1S/C16H15N3O2S2/c1-10-13(23-16(19-10)12-5-7-22-9-12)14(20)18-8-11-4-3-6-17-15(11)21-2/h3-7,9H,8H2,1-2H3,(H,18,20). The molecular formula is C16H15N3O2S2. The van der Waals surface area contributed by atoms with Gasteiger partial charge in [0, 0.05) is 29.2 Å². The quantitative estimate of drug-likeness (QED) is 0.768. The van der Waals surface area contributed by atoms with Gasteiger partial charge in [-0.2, -0.15) is 11.3 Å². The molecule has 5 nitrogen and oxygen atoms in total. The zero-order chi connectivity index (χ0) is 16.2. The molecular weight excluding hydrogens is 330 g/mol. The molecule has 3 rings (SSSR count). The smallest absolute Gasteiger partial charge is 0.263 e. The summed E-state index contributed by atoms with van der Waals surface area (Å²) in [6, 6.07) is 5.70. The molecule has 7 heteroatoms. The van der Waals surface area contributed by atoms with Gasteiger partial charge in [0.05, 0.1) is 12.8 Å². The van der Waals surface area contributed by atoms with E-state index in [9.17, 15) is 4.79 Å². The van der Waals surface area contributed by atoms with Crippen LogP contribution in [-0.2, 0) is 6.54 Å². The van der Waals surface area contributed by atoms with Crippen molar-refractivity contribution < 1.29 is 9.53 Å². The maximum atomic E-state index is 12.4. The van der Waals surface area contributed by atoms with E-state index in [1.807, 2.05) is 35.9 Å². The van der Waals surface area contributed by atoms with E-state index in [1.54, 1.807) is 24.6 Å². The zero-order valence-electron chi connectivity index (χ0n) is 12.7. The number of thiazole rings is 1. The van der Waals surface area contributed by atoms with E-state index >= 15 is 0 Å². The Hall–Kier alpha value is -2.25. The van der Waals surface area contributed by atoms with Crippen LogP contribution >= 0.6 is 22.7 Å². The second-order valence-corrected chi connectivity index (χ2v) is 6.58. The van der Waals surface area contributed by atoms with Gasteiger partial charge in [-0.1, -0.05) is 6.07 Å². The summed E-state index contributed by atoms with van der Waals surface area (Å²) in [6.45, 7) is 2.22. The molecule has 0 saturated heterocycles. The normalized spacial score (nSPS) is 10.5. The van der Waals surface area contributed by atoms with Crippen LogP contribution in [0.5, 0.6) is 5.88 Å². The lowest BCUT2D eigenvalue weighted by Crippen LogP contribution is -2.23. The highest BCUT2D eigenvalue weighted by Crippen LogP contribution is 2.29. The summed E-state index contributed by atoms with van der Waals surface area (Å²) in [4.78, 5) is 21.7. The van der Waals surface area contributed by atoms with E-state index in [2.05, 4.69) is 15.3 Å². The van der Waals surface area contributed by atoms with Crippen molar-refractivity contribution in [2.45, 2.75) is 13.5 Å². The van der Waals surface area contributed by atoms with E-state index in [0.717, 1.165) is 21.8 Å². The Kier molecular flexibility index (Phi) is 4.68. The van der Waals surface area contributed by atoms with E-state index in [0.29, 0.717) is 17.3 Å². The van der Waals surface area contributed by atoms with Crippen molar-refractivity contribution in [2.24, 2.45) is 0 Å². The lowest BCUT2D eigenvalue weighted by Gasteiger charge is -2.07. The first-order chi connectivity index (χ1) is 11.2. The molecule has 0 aromatic carbocycles. The molecule has 0 saturated carbocycles. The number of hydrogen-bond donors (Lipinski definition) is 1. The summed E-state index contributed by atoms with van der Waals surface area (Å²) in [7, 11) is 1.56. The van der Waals surface area contributed by atoms with Crippen LogP contribution in [0.1, 0.15) is 20.9 Å². The van der Waals surface area contributed by atoms with E-state index in [-0.39, 0.29) is 5.91 Å². The summed E-state index contributed by atoms with van der Waals surface area (Å²) < 4.78 is 5.19. The molecule has 0 unspecified atom stereocenters. The number of carbonyl (C=O) groups is 1. The average Bonchev–Trinajstić information content (AvgIpc) is 3.22. The summed E-state index contributed by atoms with van der Waals surface area (Å²) in [5.41, 5.74) is 2.63. The predicted molar refractivity (Wildman–Crippen MR) is 92.1 cm³/mol. The Balaban J connectivity index is 1.74. The molecule has 3 aromatic rings. The molecule has 1 amide bonds. The minimum absolute atomic E-state index is 0.132. The second-order valence-electron chi connectivity index (χ2n) is 4.80. The number of aryl methyl sites for hydroxylation is 1. The molecule has 0 radical (unpaired) electrons. The third-order valence-electron chi connectivity index (χ3n) is 3.25. The number of methoxy groups -OCH3 is 1. The van der Waals surface area contributed by atoms with E-state index < -0.39 is 0 Å². The first-order valence-corrected chi connectivity index (χ1v) is 8.71. The zero-order valence-corrected chi connectivity index (χ0v) is 14.3. The van der Waals surface area contributed by atoms with Gasteiger partial charge in [-0.25, -0.2) is 9.97 Å². The Morgan fingerprint density at radius 2 is 2.26 bits per heavy atom. The molecule has 0 aliphatic rings. The molecule has 23 heavy (non-hydrogen) atoms. The Morgan fingerprint density at radius 3 is 3.00 bits per heavy atom. The SMILES string of the molecule is COc1ncccc1CNC(=O)c1sc(-c2ccsc2)nc1C. The van der Waals surface area contributed by atoms with Gasteiger partial charge in [0.15, 0.2) is 0 Å². The van der Waals surface area contributed by atoms with Crippen LogP contribution in [0.25, 0.3) is 10.6 Å². The number of rotatable bonds is 5. The number of thiophene rings is 1. The Bertz CT molecular complexity index is 813. The molecule has 0 spiro atoms. The van der Waals surface area contributed by atoms with Gasteiger partial charge in [0.1, 0.15) is 9.88 Å². The maximum absolute atomic E-state index is 12.4. The van der Waals surface area contributed by atoms with Crippen molar-refractivity contribution >= 4 is 28.6 Å². The summed E-state index contributed by atoms with van der Waals surface area (Å²) in [6.07, 6.45) is 1.66. The van der Waals surface area contributed by atoms with Crippen molar-refractivity contribution in [2.75, 3.05) is 7.11 Å². The first-order valence-electron chi connectivity index (χ1n) is 6.95. The van der Waals surface area contributed by atoms with Crippen molar-refractivity contribution in [3.8, 4) is 16.5 Å². The van der Waals surface area contributed by atoms with Crippen LogP contribution in [0.3, 0.4) is 0 Å². The third kappa shape index (κ3) is 3.40. The van der Waals surface area contributed by atoms with Crippen LogP contribution in [0.2, 0.25) is 0 Å². The van der Waals surface area contributed by atoms with Crippen molar-refractivity contribution in [3.05, 3.63) is 51.3 Å². The number of hydrogen-bond acceptors (Lipinski definition) is 6. The fourth-order valence-electron chi connectivity index (χ4n) is 2.11. The monoisotopic (exact) mass is 345 g/mol. The van der Waals surface area contributed by atoms with Gasteiger partial charge < -0.3 is 10.1 Å². The highest BCUT2D eigenvalue weighted by Gasteiger charge is 2.16. The van der Waals surface area contributed by atoms with Crippen LogP contribution in [0.4, 0.5) is 0 Å². The topological polar surface area (TPSA) is 64.1 Å². The first kappa shape index (κ1) is 15.6. The number of pyridine rings is 1. The molecule has 0 aliphatic heterocycles. The Labute approximate surface area is 142 Å². The molecule has 3 heterocycles. The third-order valence-corrected chi connectivity index (χ3v) is 5.14. The van der Waals surface area contributed by atoms with E-state index in [1.165, 1.54) is 11.3 Å². The molecule has 1 N–H and O–H groups in total. The highest BCUT2D eigenvalue weighted by atomic mass is 32.1. The van der Waals surface area contributed by atoms with Gasteiger partial charge in [0.2, 0.25) is 5.88 Å². The van der Waals surface area contributed by atoms with Gasteiger partial charge in [0.25, 0.3) is 5.91 Å². The largest absolute Gasteiger partial charge is 0.481 e. The molecule has 3 aromatic heterocycles. The lowest BCUT2D eigenvalue weighted by atomic mass is 10.2. The van der Waals surface area contributed by atoms with Crippen LogP contribution in [0, 0.1) is 6.92 Å². The number of ether oxygens (including phenoxy) is 1. The predicted octanol–water partition coefficient (Wildman–Crippen LogP) is 3.51. The number of nitrogens with one attached hydrogen (secondary N) is 1. The molecule has 118 valence electrons. The minimum Gasteiger partial charge on any atom is -0.481 e. The van der Waals surface area contributed by atoms with Crippen LogP contribution in [0.15, 0.2) is 35.2 Å². The van der Waals surface area contributed by atoms with Crippen LogP contribution in [-0.4, -0.2) is 23.0 Å². The summed E-state index contributed by atoms with van der Waals surface area (Å²) in [5.74, 6) is 0.389. The van der Waals surface area contributed by atoms with Gasteiger partial charge in [-0.3, -0.25) is 4.79 Å². The van der Waals surface area contributed by atoms with Crippen LogP contribution < -0.4 is 10.1 Å². The summed E-state index contributed by atoms with van der Waals surface area (Å²) >= 11 is 3.02. The van der Waals surface area contributed by atoms with Crippen molar-refractivity contribution in [1.29, 1.82) is 0 Å². The summed E-state index contributed by atoms with van der Waals surface area (Å²) in [5, 5.41) is 7.80. The molecule has 0 atom stereocenters. The minimum atomic E-state index is -0.132. The van der Waals surface area contributed by atoms with Crippen molar-refractivity contribution in [1.82, 2.24) is 15.3 Å². The number of carbonyl (C=O) groups excluding carboxylic acids is 1. The van der Waals surface area contributed by atoms with Gasteiger partial charge in [-0.15, -0.1) is 11.3 Å².